The molecular formula is C14H12BrN5OS2. The van der Waals surface area contributed by atoms with Crippen LogP contribution in [0.1, 0.15) is 5.89 Å². The monoisotopic (exact) mass is 409 g/mol. The molecule has 1 N–H and O–H groups in total. The van der Waals surface area contributed by atoms with Gasteiger partial charge in [0, 0.05) is 11.0 Å². The lowest BCUT2D eigenvalue weighted by atomic mass is 10.2. The first-order valence-electron chi connectivity index (χ1n) is 6.64. The van der Waals surface area contributed by atoms with Gasteiger partial charge in [0.05, 0.1) is 11.3 Å². The van der Waals surface area contributed by atoms with Crippen molar-refractivity contribution >= 4 is 44.2 Å². The van der Waals surface area contributed by atoms with E-state index in [2.05, 4.69) is 48.2 Å². The molecular weight excluding hydrogens is 398 g/mol. The summed E-state index contributed by atoms with van der Waals surface area (Å²) in [5, 5.41) is 20.2. The summed E-state index contributed by atoms with van der Waals surface area (Å²) < 4.78 is 7.46. The lowest BCUT2D eigenvalue weighted by Crippen LogP contribution is -1.96. The van der Waals surface area contributed by atoms with Gasteiger partial charge in [-0.2, -0.15) is 0 Å². The average Bonchev–Trinajstić information content (AvgIpc) is 3.21. The van der Waals surface area contributed by atoms with Gasteiger partial charge in [0.15, 0.2) is 4.34 Å². The number of thioether (sulfide) groups is 1. The van der Waals surface area contributed by atoms with Crippen molar-refractivity contribution in [3.05, 3.63) is 47.3 Å². The third-order valence-electron chi connectivity index (χ3n) is 2.69. The van der Waals surface area contributed by atoms with E-state index in [1.165, 1.54) is 23.1 Å². The second-order valence-electron chi connectivity index (χ2n) is 4.31. The smallest absolute Gasteiger partial charge is 0.248 e. The molecule has 0 aliphatic carbocycles. The molecule has 0 aliphatic heterocycles. The Morgan fingerprint density at radius 3 is 2.96 bits per heavy atom. The van der Waals surface area contributed by atoms with E-state index in [4.69, 9.17) is 4.42 Å². The van der Waals surface area contributed by atoms with Crippen molar-refractivity contribution in [3.8, 4) is 11.5 Å². The van der Waals surface area contributed by atoms with Crippen LogP contribution in [0.3, 0.4) is 0 Å². The van der Waals surface area contributed by atoms with Gasteiger partial charge in [-0.05, 0) is 28.1 Å². The van der Waals surface area contributed by atoms with Crippen molar-refractivity contribution in [3.63, 3.8) is 0 Å². The third kappa shape index (κ3) is 4.18. The van der Waals surface area contributed by atoms with Crippen LogP contribution in [-0.2, 0) is 5.75 Å². The Morgan fingerprint density at radius 2 is 2.13 bits per heavy atom. The Balaban J connectivity index is 1.62. The zero-order valence-electron chi connectivity index (χ0n) is 11.9. The van der Waals surface area contributed by atoms with Gasteiger partial charge in [-0.25, -0.2) is 0 Å². The molecule has 0 amide bonds. The molecule has 0 aliphatic rings. The van der Waals surface area contributed by atoms with Gasteiger partial charge in [-0.1, -0.05) is 41.3 Å². The van der Waals surface area contributed by atoms with Crippen molar-refractivity contribution in [1.82, 2.24) is 20.4 Å². The van der Waals surface area contributed by atoms with Gasteiger partial charge < -0.3 is 9.73 Å². The number of anilines is 1. The topological polar surface area (TPSA) is 76.7 Å². The van der Waals surface area contributed by atoms with Gasteiger partial charge in [-0.15, -0.1) is 27.0 Å². The Morgan fingerprint density at radius 1 is 1.26 bits per heavy atom. The number of benzene rings is 1. The van der Waals surface area contributed by atoms with Crippen LogP contribution in [0, 0.1) is 0 Å². The first-order valence-corrected chi connectivity index (χ1v) is 9.24. The summed E-state index contributed by atoms with van der Waals surface area (Å²) in [5.74, 6) is 1.60. The average molecular weight is 410 g/mol. The highest BCUT2D eigenvalue weighted by molar-refractivity contribution is 9.10. The summed E-state index contributed by atoms with van der Waals surface area (Å²) in [6, 6.07) is 7.73. The van der Waals surface area contributed by atoms with Crippen LogP contribution in [0.5, 0.6) is 0 Å². The molecule has 6 nitrogen and oxygen atoms in total. The van der Waals surface area contributed by atoms with Crippen molar-refractivity contribution in [2.45, 2.75) is 10.1 Å². The summed E-state index contributed by atoms with van der Waals surface area (Å²) in [6.07, 6.45) is 1.77. The summed E-state index contributed by atoms with van der Waals surface area (Å²) in [5.41, 5.74) is 0.878. The van der Waals surface area contributed by atoms with E-state index in [0.717, 1.165) is 19.5 Å². The normalized spacial score (nSPS) is 10.7. The van der Waals surface area contributed by atoms with E-state index >= 15 is 0 Å². The Labute approximate surface area is 149 Å². The van der Waals surface area contributed by atoms with Crippen LogP contribution < -0.4 is 5.32 Å². The van der Waals surface area contributed by atoms with E-state index in [0.29, 0.717) is 24.1 Å². The minimum Gasteiger partial charge on any atom is -0.420 e. The maximum Gasteiger partial charge on any atom is 0.248 e. The van der Waals surface area contributed by atoms with Crippen molar-refractivity contribution in [1.29, 1.82) is 0 Å². The molecule has 0 radical (unpaired) electrons. The fraction of sp³-hybridized carbons (Fsp3) is 0.143. The highest BCUT2D eigenvalue weighted by atomic mass is 79.9. The van der Waals surface area contributed by atoms with E-state index in [1.807, 2.05) is 24.3 Å². The van der Waals surface area contributed by atoms with E-state index in [1.54, 1.807) is 6.08 Å². The molecule has 0 bridgehead atoms. The number of hydrogen-bond acceptors (Lipinski definition) is 8. The summed E-state index contributed by atoms with van der Waals surface area (Å²) in [6.45, 7) is 4.31. The lowest BCUT2D eigenvalue weighted by molar-refractivity contribution is 0.528. The fourth-order valence-corrected chi connectivity index (χ4v) is 3.73. The Bertz CT molecular complexity index is 804. The van der Waals surface area contributed by atoms with Gasteiger partial charge in [-0.3, -0.25) is 0 Å². The number of hydrogen-bond donors (Lipinski definition) is 1. The molecule has 3 aromatic rings. The van der Waals surface area contributed by atoms with Crippen LogP contribution in [0.2, 0.25) is 0 Å². The third-order valence-corrected chi connectivity index (χ3v) is 5.38. The largest absolute Gasteiger partial charge is 0.420 e. The van der Waals surface area contributed by atoms with Gasteiger partial charge >= 0.3 is 0 Å². The number of nitrogens with zero attached hydrogens (tertiary/aromatic N) is 4. The second-order valence-corrected chi connectivity index (χ2v) is 7.37. The predicted molar refractivity (Wildman–Crippen MR) is 95.6 cm³/mol. The fourth-order valence-electron chi connectivity index (χ4n) is 1.68. The van der Waals surface area contributed by atoms with Crippen molar-refractivity contribution < 1.29 is 4.42 Å². The predicted octanol–water partition coefficient (Wildman–Crippen LogP) is 4.24. The van der Waals surface area contributed by atoms with E-state index in [-0.39, 0.29) is 0 Å². The molecule has 0 unspecified atom stereocenters. The molecule has 1 aromatic carbocycles. The molecule has 0 saturated carbocycles. The second kappa shape index (κ2) is 7.71. The number of rotatable bonds is 7. The SMILES string of the molecule is C=CCNc1nnc(SCc2nnc(-c3ccccc3Br)o2)s1. The van der Waals surface area contributed by atoms with Crippen LogP contribution in [0.4, 0.5) is 5.13 Å². The highest BCUT2D eigenvalue weighted by Crippen LogP contribution is 2.30. The van der Waals surface area contributed by atoms with Gasteiger partial charge in [0.2, 0.25) is 16.9 Å². The molecule has 2 heterocycles. The van der Waals surface area contributed by atoms with Crippen LogP contribution >= 0.6 is 39.0 Å². The minimum absolute atomic E-state index is 0.499. The highest BCUT2D eigenvalue weighted by Gasteiger charge is 2.12. The zero-order chi connectivity index (χ0) is 16.1. The van der Waals surface area contributed by atoms with Gasteiger partial charge in [0.1, 0.15) is 0 Å². The molecule has 0 atom stereocenters. The first kappa shape index (κ1) is 16.2. The molecule has 23 heavy (non-hydrogen) atoms. The first-order chi connectivity index (χ1) is 11.3. The molecule has 0 saturated heterocycles. The molecule has 0 spiro atoms. The number of aromatic nitrogens is 4. The van der Waals surface area contributed by atoms with Crippen LogP contribution in [0.25, 0.3) is 11.5 Å². The Hall–Kier alpha value is -1.71. The molecule has 118 valence electrons. The summed E-state index contributed by atoms with van der Waals surface area (Å²) >= 11 is 6.47. The van der Waals surface area contributed by atoms with E-state index in [9.17, 15) is 0 Å². The van der Waals surface area contributed by atoms with Crippen molar-refractivity contribution in [2.75, 3.05) is 11.9 Å². The summed E-state index contributed by atoms with van der Waals surface area (Å²) in [7, 11) is 0. The molecule has 9 heteroatoms. The minimum atomic E-state index is 0.499. The van der Waals surface area contributed by atoms with E-state index < -0.39 is 0 Å². The number of nitrogens with one attached hydrogen (secondary N) is 1. The Kier molecular flexibility index (Phi) is 5.42. The zero-order valence-corrected chi connectivity index (χ0v) is 15.1. The summed E-state index contributed by atoms with van der Waals surface area (Å²) in [4.78, 5) is 0. The lowest BCUT2D eigenvalue weighted by Gasteiger charge is -1.97. The van der Waals surface area contributed by atoms with Crippen molar-refractivity contribution in [2.24, 2.45) is 0 Å². The maximum absolute atomic E-state index is 5.70. The molecule has 3 rings (SSSR count). The van der Waals surface area contributed by atoms with Crippen LogP contribution in [0.15, 0.2) is 50.1 Å². The maximum atomic E-state index is 5.70. The quantitative estimate of drug-likeness (QED) is 0.461. The molecule has 2 aromatic heterocycles. The number of halogens is 1. The van der Waals surface area contributed by atoms with Crippen LogP contribution in [-0.4, -0.2) is 26.9 Å². The van der Waals surface area contributed by atoms with Gasteiger partial charge in [0.25, 0.3) is 0 Å². The molecule has 0 fully saturated rings. The standard InChI is InChI=1S/C14H12BrN5OS2/c1-2-7-16-13-19-20-14(23-13)22-8-11-17-18-12(21-11)9-5-3-4-6-10(9)15/h2-6H,1,7-8H2,(H,16,19).